The van der Waals surface area contributed by atoms with Crippen LogP contribution in [0.4, 0.5) is 0 Å². The summed E-state index contributed by atoms with van der Waals surface area (Å²) in [5.74, 6) is 0.722. The van der Waals surface area contributed by atoms with E-state index in [1.165, 1.54) is 0 Å². The lowest BCUT2D eigenvalue weighted by atomic mass is 10.1. The maximum absolute atomic E-state index is 6.03. The van der Waals surface area contributed by atoms with Crippen molar-refractivity contribution >= 4 is 11.2 Å². The van der Waals surface area contributed by atoms with E-state index in [1.807, 2.05) is 49.4 Å². The van der Waals surface area contributed by atoms with Crippen LogP contribution in [0.1, 0.15) is 31.6 Å². The molecule has 5 nitrogen and oxygen atoms in total. The molecule has 0 spiro atoms. The second-order valence-electron chi connectivity index (χ2n) is 5.76. The molecule has 112 valence electrons. The Bertz CT molecular complexity index is 806. The maximum Gasteiger partial charge on any atom is 0.196 e. The van der Waals surface area contributed by atoms with Crippen LogP contribution in [0.25, 0.3) is 22.4 Å². The first-order chi connectivity index (χ1) is 10.7. The smallest absolute Gasteiger partial charge is 0.196 e. The van der Waals surface area contributed by atoms with E-state index < -0.39 is 0 Å². The van der Waals surface area contributed by atoms with Gasteiger partial charge < -0.3 is 10.6 Å². The minimum Gasteiger partial charge on any atom is -0.407 e. The van der Waals surface area contributed by atoms with Crippen LogP contribution >= 0.6 is 0 Å². The molecule has 1 fully saturated rings. The molecule has 0 saturated heterocycles. The first-order valence-corrected chi connectivity index (χ1v) is 7.60. The summed E-state index contributed by atoms with van der Waals surface area (Å²) in [5, 5.41) is 0. The minimum atomic E-state index is -0.201. The fourth-order valence-corrected chi connectivity index (χ4v) is 2.44. The third-order valence-electron chi connectivity index (χ3n) is 3.75. The third-order valence-corrected chi connectivity index (χ3v) is 3.75. The molecule has 1 saturated carbocycles. The SMILES string of the molecule is CC(N)c1nc2ccc(-c3ccccc3)nc2n1OC1CC1. The van der Waals surface area contributed by atoms with Crippen molar-refractivity contribution in [3.8, 4) is 11.3 Å². The first kappa shape index (κ1) is 13.3. The number of imidazole rings is 1. The second kappa shape index (κ2) is 5.10. The van der Waals surface area contributed by atoms with Gasteiger partial charge in [-0.2, -0.15) is 0 Å². The highest BCUT2D eigenvalue weighted by molar-refractivity contribution is 5.76. The number of rotatable bonds is 4. The lowest BCUT2D eigenvalue weighted by Gasteiger charge is -2.11. The summed E-state index contributed by atoms with van der Waals surface area (Å²) in [6.07, 6.45) is 2.42. The summed E-state index contributed by atoms with van der Waals surface area (Å²) in [5.41, 5.74) is 9.56. The molecular formula is C17H18N4O. The van der Waals surface area contributed by atoms with Crippen molar-refractivity contribution in [2.24, 2.45) is 5.73 Å². The number of hydrogen-bond acceptors (Lipinski definition) is 4. The number of pyridine rings is 1. The van der Waals surface area contributed by atoms with Gasteiger partial charge in [0.1, 0.15) is 11.6 Å². The van der Waals surface area contributed by atoms with E-state index in [1.54, 1.807) is 4.73 Å². The van der Waals surface area contributed by atoms with Crippen LogP contribution in [-0.4, -0.2) is 20.8 Å². The Labute approximate surface area is 128 Å². The van der Waals surface area contributed by atoms with Gasteiger partial charge in [0.2, 0.25) is 0 Å². The molecule has 1 aliphatic carbocycles. The molecule has 3 aromatic rings. The summed E-state index contributed by atoms with van der Waals surface area (Å²) in [6, 6.07) is 13.9. The van der Waals surface area contributed by atoms with E-state index >= 15 is 0 Å². The molecule has 1 aliphatic rings. The van der Waals surface area contributed by atoms with Gasteiger partial charge in [0.15, 0.2) is 11.5 Å². The van der Waals surface area contributed by atoms with Gasteiger partial charge in [0.05, 0.1) is 11.7 Å². The molecule has 0 radical (unpaired) electrons. The van der Waals surface area contributed by atoms with Crippen LogP contribution in [0.15, 0.2) is 42.5 Å². The lowest BCUT2D eigenvalue weighted by molar-refractivity contribution is 0.0950. The van der Waals surface area contributed by atoms with Crippen molar-refractivity contribution in [3.63, 3.8) is 0 Å². The van der Waals surface area contributed by atoms with Crippen molar-refractivity contribution in [2.45, 2.75) is 31.9 Å². The molecular weight excluding hydrogens is 276 g/mol. The van der Waals surface area contributed by atoms with Gasteiger partial charge in [-0.1, -0.05) is 30.3 Å². The number of nitrogens with zero attached hydrogens (tertiary/aromatic N) is 3. The van der Waals surface area contributed by atoms with Crippen molar-refractivity contribution < 1.29 is 4.84 Å². The molecule has 1 unspecified atom stereocenters. The first-order valence-electron chi connectivity index (χ1n) is 7.60. The molecule has 5 heteroatoms. The Hall–Kier alpha value is -2.40. The number of fused-ring (bicyclic) bond motifs is 1. The molecule has 22 heavy (non-hydrogen) atoms. The van der Waals surface area contributed by atoms with Gasteiger partial charge >= 0.3 is 0 Å². The van der Waals surface area contributed by atoms with Gasteiger partial charge in [0.25, 0.3) is 0 Å². The van der Waals surface area contributed by atoms with Crippen molar-refractivity contribution in [2.75, 3.05) is 0 Å². The fourth-order valence-electron chi connectivity index (χ4n) is 2.44. The third kappa shape index (κ3) is 2.33. The predicted octanol–water partition coefficient (Wildman–Crippen LogP) is 2.71. The second-order valence-corrected chi connectivity index (χ2v) is 5.76. The number of aromatic nitrogens is 3. The largest absolute Gasteiger partial charge is 0.407 e. The number of nitrogens with two attached hydrogens (primary N) is 1. The van der Waals surface area contributed by atoms with Crippen LogP contribution in [0.5, 0.6) is 0 Å². The Morgan fingerprint density at radius 1 is 1.14 bits per heavy atom. The van der Waals surface area contributed by atoms with E-state index in [-0.39, 0.29) is 12.1 Å². The zero-order valence-corrected chi connectivity index (χ0v) is 12.4. The molecule has 2 heterocycles. The summed E-state index contributed by atoms with van der Waals surface area (Å²) in [6.45, 7) is 1.91. The summed E-state index contributed by atoms with van der Waals surface area (Å²) in [7, 11) is 0. The Kier molecular flexibility index (Phi) is 3.08. The highest BCUT2D eigenvalue weighted by Crippen LogP contribution is 2.26. The van der Waals surface area contributed by atoms with Gasteiger partial charge in [-0.3, -0.25) is 0 Å². The number of benzene rings is 1. The quantitative estimate of drug-likeness (QED) is 0.803. The predicted molar refractivity (Wildman–Crippen MR) is 85.2 cm³/mol. The number of hydrogen-bond donors (Lipinski definition) is 1. The zero-order chi connectivity index (χ0) is 15.1. The Morgan fingerprint density at radius 3 is 2.59 bits per heavy atom. The highest BCUT2D eigenvalue weighted by atomic mass is 16.7. The molecule has 2 N–H and O–H groups in total. The summed E-state index contributed by atoms with van der Waals surface area (Å²) in [4.78, 5) is 15.3. The van der Waals surface area contributed by atoms with Crippen LogP contribution < -0.4 is 10.6 Å². The average Bonchev–Trinajstić information content (AvgIpc) is 3.28. The van der Waals surface area contributed by atoms with Crippen LogP contribution in [-0.2, 0) is 0 Å². The van der Waals surface area contributed by atoms with Crippen LogP contribution in [0, 0.1) is 0 Å². The van der Waals surface area contributed by atoms with E-state index in [2.05, 4.69) is 4.98 Å². The van der Waals surface area contributed by atoms with Crippen molar-refractivity contribution in [3.05, 3.63) is 48.3 Å². The molecule has 0 amide bonds. The molecule has 1 atom stereocenters. The fraction of sp³-hybridized carbons (Fsp3) is 0.294. The van der Waals surface area contributed by atoms with Gasteiger partial charge in [0, 0.05) is 5.56 Å². The van der Waals surface area contributed by atoms with Crippen molar-refractivity contribution in [1.29, 1.82) is 0 Å². The van der Waals surface area contributed by atoms with E-state index in [4.69, 9.17) is 15.6 Å². The standard InChI is InChI=1S/C17H18N4O/c1-11(18)16-20-15-10-9-14(12-5-3-2-4-6-12)19-17(15)21(16)22-13-7-8-13/h2-6,9-11,13H,7-8,18H2,1H3. The Morgan fingerprint density at radius 2 is 1.91 bits per heavy atom. The summed E-state index contributed by atoms with van der Waals surface area (Å²) >= 11 is 0. The molecule has 2 aromatic heterocycles. The monoisotopic (exact) mass is 294 g/mol. The topological polar surface area (TPSA) is 66.0 Å². The summed E-state index contributed by atoms with van der Waals surface area (Å²) < 4.78 is 1.73. The van der Waals surface area contributed by atoms with Gasteiger partial charge in [-0.25, -0.2) is 9.97 Å². The van der Waals surface area contributed by atoms with Crippen LogP contribution in [0.3, 0.4) is 0 Å². The molecule has 0 aliphatic heterocycles. The van der Waals surface area contributed by atoms with Gasteiger partial charge in [-0.15, -0.1) is 4.73 Å². The molecule has 4 rings (SSSR count). The molecule has 0 bridgehead atoms. The minimum absolute atomic E-state index is 0.201. The average molecular weight is 294 g/mol. The normalized spacial score (nSPS) is 15.9. The van der Waals surface area contributed by atoms with Crippen molar-refractivity contribution in [1.82, 2.24) is 14.7 Å². The van der Waals surface area contributed by atoms with Crippen LogP contribution in [0.2, 0.25) is 0 Å². The zero-order valence-electron chi connectivity index (χ0n) is 12.4. The lowest BCUT2D eigenvalue weighted by Crippen LogP contribution is -2.21. The highest BCUT2D eigenvalue weighted by Gasteiger charge is 2.27. The van der Waals surface area contributed by atoms with E-state index in [0.717, 1.165) is 41.1 Å². The molecule has 1 aromatic carbocycles. The maximum atomic E-state index is 6.03. The van der Waals surface area contributed by atoms with E-state index in [9.17, 15) is 0 Å². The Balaban J connectivity index is 1.86. The van der Waals surface area contributed by atoms with E-state index in [0.29, 0.717) is 0 Å². The van der Waals surface area contributed by atoms with Gasteiger partial charge in [-0.05, 0) is 31.9 Å².